The minimum Gasteiger partial charge on any atom is -0.342 e. The van der Waals surface area contributed by atoms with E-state index in [4.69, 9.17) is 0 Å². The lowest BCUT2D eigenvalue weighted by molar-refractivity contribution is -0.135. The zero-order valence-electron chi connectivity index (χ0n) is 13.5. The number of aryl methyl sites for hydroxylation is 1. The Kier molecular flexibility index (Phi) is 6.16. The third-order valence-corrected chi connectivity index (χ3v) is 5.83. The second kappa shape index (κ2) is 7.88. The first-order valence-corrected chi connectivity index (χ1v) is 9.18. The smallest absolute Gasteiger partial charge is 0.225 e. The lowest BCUT2D eigenvalue weighted by Crippen LogP contribution is -2.37. The van der Waals surface area contributed by atoms with Crippen molar-refractivity contribution in [1.82, 2.24) is 4.90 Å². The van der Waals surface area contributed by atoms with Crippen molar-refractivity contribution < 1.29 is 4.79 Å². The second-order valence-electron chi connectivity index (χ2n) is 5.84. The van der Waals surface area contributed by atoms with Gasteiger partial charge in [0.1, 0.15) is 0 Å². The molecule has 1 aliphatic heterocycles. The Labute approximate surface area is 133 Å². The van der Waals surface area contributed by atoms with Crippen LogP contribution in [0.1, 0.15) is 49.5 Å². The molecule has 0 spiro atoms. The first-order valence-electron chi connectivity index (χ1n) is 8.13. The number of nitrogens with zero attached hydrogens (tertiary/aromatic N) is 1. The second-order valence-corrected chi connectivity index (χ2v) is 7.15. The number of amides is 1. The molecule has 1 amide bonds. The van der Waals surface area contributed by atoms with Crippen LogP contribution < -0.4 is 0 Å². The monoisotopic (exact) mass is 305 g/mol. The summed E-state index contributed by atoms with van der Waals surface area (Å²) >= 11 is 2.01. The van der Waals surface area contributed by atoms with Gasteiger partial charge in [0, 0.05) is 30.0 Å². The van der Waals surface area contributed by atoms with E-state index in [-0.39, 0.29) is 5.92 Å². The molecule has 3 heteroatoms. The molecule has 2 rings (SSSR count). The van der Waals surface area contributed by atoms with Crippen molar-refractivity contribution in [2.24, 2.45) is 5.92 Å². The number of hydrogen-bond acceptors (Lipinski definition) is 2. The van der Waals surface area contributed by atoms with Crippen LogP contribution in [0.25, 0.3) is 0 Å². The Hall–Kier alpha value is -0.960. The molecule has 1 aromatic rings. The minimum absolute atomic E-state index is 0.213. The number of benzene rings is 1. The van der Waals surface area contributed by atoms with E-state index in [1.54, 1.807) is 0 Å². The molecule has 21 heavy (non-hydrogen) atoms. The molecule has 1 aromatic carbocycles. The third-order valence-electron chi connectivity index (χ3n) is 4.52. The molecule has 2 nitrogen and oxygen atoms in total. The van der Waals surface area contributed by atoms with Gasteiger partial charge in [0.2, 0.25) is 5.91 Å². The van der Waals surface area contributed by atoms with Crippen molar-refractivity contribution in [3.05, 3.63) is 35.4 Å². The Balaban J connectivity index is 2.02. The predicted molar refractivity (Wildman–Crippen MR) is 91.6 cm³/mol. The minimum atomic E-state index is 0.213. The highest BCUT2D eigenvalue weighted by Crippen LogP contribution is 2.36. The van der Waals surface area contributed by atoms with Gasteiger partial charge in [-0.15, -0.1) is 0 Å². The van der Waals surface area contributed by atoms with Gasteiger partial charge in [0.05, 0.1) is 0 Å². The number of carbonyl (C=O) groups excluding carboxylic acids is 1. The first kappa shape index (κ1) is 16.4. The van der Waals surface area contributed by atoms with Gasteiger partial charge < -0.3 is 4.90 Å². The number of thioether (sulfide) groups is 1. The van der Waals surface area contributed by atoms with Crippen LogP contribution in [0.4, 0.5) is 0 Å². The fourth-order valence-corrected chi connectivity index (χ4v) is 4.41. The van der Waals surface area contributed by atoms with Crippen molar-refractivity contribution in [2.45, 2.75) is 45.3 Å². The summed E-state index contributed by atoms with van der Waals surface area (Å²) < 4.78 is 0. The highest BCUT2D eigenvalue weighted by Gasteiger charge is 2.25. The van der Waals surface area contributed by atoms with Crippen molar-refractivity contribution in [1.29, 1.82) is 0 Å². The fraction of sp³-hybridized carbons (Fsp3) is 0.611. The molecule has 0 aromatic heterocycles. The zero-order valence-corrected chi connectivity index (χ0v) is 14.3. The Bertz CT molecular complexity index is 470. The van der Waals surface area contributed by atoms with Crippen LogP contribution in [-0.2, 0) is 4.79 Å². The van der Waals surface area contributed by atoms with Gasteiger partial charge in [-0.05, 0) is 37.3 Å². The van der Waals surface area contributed by atoms with Crippen LogP contribution in [0, 0.1) is 12.8 Å². The van der Waals surface area contributed by atoms with Gasteiger partial charge in [0.15, 0.2) is 0 Å². The summed E-state index contributed by atoms with van der Waals surface area (Å²) in [5.41, 5.74) is 2.81. The van der Waals surface area contributed by atoms with Crippen molar-refractivity contribution in [2.75, 3.05) is 18.8 Å². The summed E-state index contributed by atoms with van der Waals surface area (Å²) in [5.74, 6) is 1.63. The van der Waals surface area contributed by atoms with Crippen molar-refractivity contribution >= 4 is 17.7 Å². The molecule has 116 valence electrons. The van der Waals surface area contributed by atoms with E-state index in [0.29, 0.717) is 11.2 Å². The zero-order chi connectivity index (χ0) is 15.2. The first-order chi connectivity index (χ1) is 10.2. The number of hydrogen-bond donors (Lipinski definition) is 0. The van der Waals surface area contributed by atoms with E-state index in [1.807, 2.05) is 11.8 Å². The molecule has 0 bridgehead atoms. The van der Waals surface area contributed by atoms with Gasteiger partial charge in [-0.25, -0.2) is 0 Å². The van der Waals surface area contributed by atoms with Crippen LogP contribution in [0.15, 0.2) is 24.3 Å². The molecule has 1 aliphatic rings. The molecular formula is C18H27NOS. The summed E-state index contributed by atoms with van der Waals surface area (Å²) in [7, 11) is 0. The van der Waals surface area contributed by atoms with Crippen LogP contribution in [-0.4, -0.2) is 29.6 Å². The molecule has 1 fully saturated rings. The fourth-order valence-electron chi connectivity index (χ4n) is 3.08. The molecule has 1 atom stereocenters. The molecule has 0 saturated carbocycles. The van der Waals surface area contributed by atoms with Crippen molar-refractivity contribution in [3.63, 3.8) is 0 Å². The lowest BCUT2D eigenvalue weighted by atomic mass is 10.0. The SMILES string of the molecule is CCC(CC)C(=O)N1CCSC(c2ccccc2C)CC1. The Morgan fingerprint density at radius 2 is 2.00 bits per heavy atom. The summed E-state index contributed by atoms with van der Waals surface area (Å²) in [6.07, 6.45) is 2.99. The van der Waals surface area contributed by atoms with Crippen LogP contribution in [0.3, 0.4) is 0 Å². The standard InChI is InChI=1S/C18H27NOS/c1-4-15(5-2)18(20)19-11-10-17(21-13-12-19)16-9-7-6-8-14(16)3/h6-9,15,17H,4-5,10-13H2,1-3H3. The highest BCUT2D eigenvalue weighted by molar-refractivity contribution is 7.99. The Morgan fingerprint density at radius 1 is 1.29 bits per heavy atom. The largest absolute Gasteiger partial charge is 0.342 e. The van der Waals surface area contributed by atoms with E-state index in [2.05, 4.69) is 49.9 Å². The average molecular weight is 305 g/mol. The summed E-state index contributed by atoms with van der Waals surface area (Å²) in [4.78, 5) is 14.6. The third kappa shape index (κ3) is 4.03. The van der Waals surface area contributed by atoms with Gasteiger partial charge in [0.25, 0.3) is 0 Å². The normalized spacial score (nSPS) is 19.6. The van der Waals surface area contributed by atoms with E-state index < -0.39 is 0 Å². The molecule has 0 aliphatic carbocycles. The average Bonchev–Trinajstić information content (AvgIpc) is 2.75. The Morgan fingerprint density at radius 3 is 2.67 bits per heavy atom. The molecular weight excluding hydrogens is 278 g/mol. The lowest BCUT2D eigenvalue weighted by Gasteiger charge is -2.25. The molecule has 1 saturated heterocycles. The van der Waals surface area contributed by atoms with Crippen LogP contribution in [0.5, 0.6) is 0 Å². The number of carbonyl (C=O) groups is 1. The van der Waals surface area contributed by atoms with Gasteiger partial charge >= 0.3 is 0 Å². The van der Waals surface area contributed by atoms with E-state index in [1.165, 1.54) is 11.1 Å². The molecule has 0 radical (unpaired) electrons. The van der Waals surface area contributed by atoms with E-state index in [9.17, 15) is 4.79 Å². The summed E-state index contributed by atoms with van der Waals surface area (Å²) in [6, 6.07) is 8.66. The summed E-state index contributed by atoms with van der Waals surface area (Å²) in [6.45, 7) is 8.24. The van der Waals surface area contributed by atoms with E-state index >= 15 is 0 Å². The quantitative estimate of drug-likeness (QED) is 0.819. The topological polar surface area (TPSA) is 20.3 Å². The maximum atomic E-state index is 12.5. The van der Waals surface area contributed by atoms with Gasteiger partial charge in [-0.3, -0.25) is 4.79 Å². The molecule has 1 heterocycles. The molecule has 1 unspecified atom stereocenters. The summed E-state index contributed by atoms with van der Waals surface area (Å²) in [5, 5.41) is 0.533. The van der Waals surface area contributed by atoms with Crippen LogP contribution in [0.2, 0.25) is 0 Å². The maximum absolute atomic E-state index is 12.5. The van der Waals surface area contributed by atoms with Gasteiger partial charge in [-0.2, -0.15) is 11.8 Å². The van der Waals surface area contributed by atoms with E-state index in [0.717, 1.165) is 38.1 Å². The van der Waals surface area contributed by atoms with Crippen LogP contribution >= 0.6 is 11.8 Å². The maximum Gasteiger partial charge on any atom is 0.225 e. The molecule has 0 N–H and O–H groups in total. The number of rotatable bonds is 4. The highest BCUT2D eigenvalue weighted by atomic mass is 32.2. The van der Waals surface area contributed by atoms with Gasteiger partial charge in [-0.1, -0.05) is 38.1 Å². The van der Waals surface area contributed by atoms with Crippen molar-refractivity contribution in [3.8, 4) is 0 Å². The predicted octanol–water partition coefficient (Wildman–Crippen LogP) is 4.44.